The second kappa shape index (κ2) is 8.22. The van der Waals surface area contributed by atoms with Crippen LogP contribution in [0, 0.1) is 23.5 Å². The molecule has 132 valence electrons. The van der Waals surface area contributed by atoms with E-state index in [4.69, 9.17) is 4.74 Å². The summed E-state index contributed by atoms with van der Waals surface area (Å²) in [7, 11) is 1.22. The molecule has 1 aliphatic rings. The Balaban J connectivity index is 1.96. The molecule has 0 spiro atoms. The average molecular weight is 342 g/mol. The molecule has 3 nitrogen and oxygen atoms in total. The Labute approximate surface area is 139 Å². The Morgan fingerprint density at radius 3 is 2.33 bits per heavy atom. The van der Waals surface area contributed by atoms with Crippen molar-refractivity contribution in [1.82, 2.24) is 0 Å². The van der Waals surface area contributed by atoms with Gasteiger partial charge in [0, 0.05) is 0 Å². The van der Waals surface area contributed by atoms with Gasteiger partial charge in [0.1, 0.15) is 0 Å². The lowest BCUT2D eigenvalue weighted by Gasteiger charge is -2.25. The van der Waals surface area contributed by atoms with Crippen LogP contribution in [0.3, 0.4) is 0 Å². The topological polar surface area (TPSA) is 35.5 Å². The van der Waals surface area contributed by atoms with Crippen LogP contribution >= 0.6 is 0 Å². The molecule has 1 saturated carbocycles. The second-order valence-electron chi connectivity index (χ2n) is 5.89. The van der Waals surface area contributed by atoms with Crippen molar-refractivity contribution in [3.63, 3.8) is 0 Å². The molecule has 0 saturated heterocycles. The lowest BCUT2D eigenvalue weighted by molar-refractivity contribution is -0.140. The van der Waals surface area contributed by atoms with Gasteiger partial charge in [0.05, 0.1) is 18.9 Å². The van der Waals surface area contributed by atoms with Gasteiger partial charge >= 0.3 is 5.97 Å². The van der Waals surface area contributed by atoms with E-state index in [0.717, 1.165) is 0 Å². The van der Waals surface area contributed by atoms with Crippen LogP contribution in [0.5, 0.6) is 11.5 Å². The highest BCUT2D eigenvalue weighted by Crippen LogP contribution is 2.33. The summed E-state index contributed by atoms with van der Waals surface area (Å²) in [5.41, 5.74) is 0. The highest BCUT2D eigenvalue weighted by atomic mass is 19.2. The fourth-order valence-corrected chi connectivity index (χ4v) is 2.84. The molecule has 0 bridgehead atoms. The molecule has 1 aromatic rings. The summed E-state index contributed by atoms with van der Waals surface area (Å²) < 4.78 is 50.4. The quantitative estimate of drug-likeness (QED) is 0.561. The van der Waals surface area contributed by atoms with Gasteiger partial charge in [-0.15, -0.1) is 0 Å². The van der Waals surface area contributed by atoms with Gasteiger partial charge in [0.25, 0.3) is 0 Å². The van der Waals surface area contributed by atoms with E-state index in [1.54, 1.807) is 13.0 Å². The van der Waals surface area contributed by atoms with E-state index in [1.807, 2.05) is 0 Å². The number of ether oxygens (including phenoxy) is 2. The molecular weight excluding hydrogens is 321 g/mol. The van der Waals surface area contributed by atoms with Crippen LogP contribution in [-0.4, -0.2) is 13.1 Å². The minimum atomic E-state index is -1.25. The van der Waals surface area contributed by atoms with Crippen LogP contribution in [0.2, 0.25) is 0 Å². The fourth-order valence-electron chi connectivity index (χ4n) is 2.84. The summed E-state index contributed by atoms with van der Waals surface area (Å²) in [6.07, 6.45) is 4.40. The maximum atomic E-state index is 13.8. The lowest BCUT2D eigenvalue weighted by Crippen LogP contribution is -2.25. The zero-order valence-electron chi connectivity index (χ0n) is 13.8. The maximum Gasteiger partial charge on any atom is 0.314 e. The predicted molar refractivity (Wildman–Crippen MR) is 83.5 cm³/mol. The molecule has 0 radical (unpaired) electrons. The van der Waals surface area contributed by atoms with E-state index in [0.29, 0.717) is 32.1 Å². The van der Waals surface area contributed by atoms with Crippen molar-refractivity contribution in [2.75, 3.05) is 7.11 Å². The molecule has 0 atom stereocenters. The van der Waals surface area contributed by atoms with Crippen molar-refractivity contribution < 1.29 is 27.4 Å². The van der Waals surface area contributed by atoms with Crippen LogP contribution in [0.4, 0.5) is 13.2 Å². The van der Waals surface area contributed by atoms with Gasteiger partial charge in [-0.25, -0.2) is 4.39 Å². The first kappa shape index (κ1) is 18.4. The van der Waals surface area contributed by atoms with Gasteiger partial charge < -0.3 is 9.47 Å². The molecule has 0 aliphatic heterocycles. The Bertz CT molecular complexity index is 620. The van der Waals surface area contributed by atoms with E-state index in [2.05, 4.69) is 4.74 Å². The maximum absolute atomic E-state index is 13.8. The first-order valence-electron chi connectivity index (χ1n) is 8.06. The Morgan fingerprint density at radius 1 is 1.17 bits per heavy atom. The Kier molecular flexibility index (Phi) is 6.29. The molecule has 1 aromatic carbocycles. The van der Waals surface area contributed by atoms with Crippen LogP contribution in [0.25, 0.3) is 0 Å². The molecule has 0 N–H and O–H groups in total. The fraction of sp³-hybridized carbons (Fsp3) is 0.500. The summed E-state index contributed by atoms with van der Waals surface area (Å²) in [5, 5.41) is 0. The number of hydrogen-bond donors (Lipinski definition) is 0. The number of carbonyl (C=O) groups excluding carboxylic acids is 1. The summed E-state index contributed by atoms with van der Waals surface area (Å²) >= 11 is 0. The largest absolute Gasteiger partial charge is 0.494 e. The van der Waals surface area contributed by atoms with E-state index < -0.39 is 23.4 Å². The molecular formula is C18H21F3O3. The zero-order valence-corrected chi connectivity index (χ0v) is 13.8. The first-order chi connectivity index (χ1) is 11.5. The molecule has 1 aliphatic carbocycles. The third-order valence-electron chi connectivity index (χ3n) is 4.30. The van der Waals surface area contributed by atoms with E-state index in [9.17, 15) is 18.0 Å². The van der Waals surface area contributed by atoms with Gasteiger partial charge in [0.2, 0.25) is 11.6 Å². The summed E-state index contributed by atoms with van der Waals surface area (Å²) in [6.45, 7) is 1.75. The van der Waals surface area contributed by atoms with Crippen LogP contribution in [-0.2, 0) is 4.79 Å². The Morgan fingerprint density at radius 2 is 1.75 bits per heavy atom. The van der Waals surface area contributed by atoms with Crippen LogP contribution in [0.1, 0.15) is 39.0 Å². The number of halogens is 3. The van der Waals surface area contributed by atoms with Crippen LogP contribution < -0.4 is 9.47 Å². The molecule has 0 amide bonds. The first-order valence-corrected chi connectivity index (χ1v) is 8.06. The van der Waals surface area contributed by atoms with Crippen LogP contribution in [0.15, 0.2) is 24.0 Å². The van der Waals surface area contributed by atoms with Crippen molar-refractivity contribution in [2.24, 2.45) is 11.8 Å². The molecule has 1 fully saturated rings. The minimum absolute atomic E-state index is 0.115. The van der Waals surface area contributed by atoms with E-state index >= 15 is 0 Å². The minimum Gasteiger partial charge on any atom is -0.494 e. The standard InChI is InChI=1S/C18H21F3O3/c1-3-13(19)10-11-4-6-12(7-5-11)18(22)24-15-9-8-14(23-2)16(20)17(15)21/h8-12H,3-7H2,1-2H3/b13-10-. The number of allylic oxidation sites excluding steroid dienone is 2. The molecule has 6 heteroatoms. The summed E-state index contributed by atoms with van der Waals surface area (Å²) in [4.78, 5) is 12.1. The van der Waals surface area contributed by atoms with Crippen molar-refractivity contribution >= 4 is 5.97 Å². The normalized spacial score (nSPS) is 21.5. The van der Waals surface area contributed by atoms with Gasteiger partial charge in [-0.3, -0.25) is 4.79 Å². The van der Waals surface area contributed by atoms with Crippen molar-refractivity contribution in [2.45, 2.75) is 39.0 Å². The van der Waals surface area contributed by atoms with Gasteiger partial charge in [-0.2, -0.15) is 8.78 Å². The number of methoxy groups -OCH3 is 1. The summed E-state index contributed by atoms with van der Waals surface area (Å²) in [6, 6.07) is 2.37. The number of benzene rings is 1. The third-order valence-corrected chi connectivity index (χ3v) is 4.30. The second-order valence-corrected chi connectivity index (χ2v) is 5.89. The van der Waals surface area contributed by atoms with Gasteiger partial charge in [-0.05, 0) is 56.2 Å². The lowest BCUT2D eigenvalue weighted by atomic mass is 9.82. The van der Waals surface area contributed by atoms with E-state index in [1.165, 1.54) is 19.2 Å². The predicted octanol–water partition coefficient (Wildman–Crippen LogP) is 4.95. The molecule has 24 heavy (non-hydrogen) atoms. The van der Waals surface area contributed by atoms with Crippen molar-refractivity contribution in [1.29, 1.82) is 0 Å². The van der Waals surface area contributed by atoms with Crippen molar-refractivity contribution in [3.05, 3.63) is 35.7 Å². The number of rotatable bonds is 5. The average Bonchev–Trinajstić information content (AvgIpc) is 2.59. The van der Waals surface area contributed by atoms with Gasteiger partial charge in [-0.1, -0.05) is 6.92 Å². The van der Waals surface area contributed by atoms with Gasteiger partial charge in [0.15, 0.2) is 11.5 Å². The monoisotopic (exact) mass is 342 g/mol. The molecule has 0 heterocycles. The highest BCUT2D eigenvalue weighted by Gasteiger charge is 2.28. The SMILES string of the molecule is CC/C(F)=C/C1CCC(C(=O)Oc2ccc(OC)c(F)c2F)CC1. The molecule has 2 rings (SSSR count). The number of carbonyl (C=O) groups is 1. The Hall–Kier alpha value is -1.98. The number of esters is 1. The zero-order chi connectivity index (χ0) is 17.7. The van der Waals surface area contributed by atoms with E-state index in [-0.39, 0.29) is 23.4 Å². The molecule has 0 unspecified atom stereocenters. The smallest absolute Gasteiger partial charge is 0.314 e. The number of hydrogen-bond acceptors (Lipinski definition) is 3. The molecule has 0 aromatic heterocycles. The summed E-state index contributed by atoms with van der Waals surface area (Å²) in [5.74, 6) is -4.13. The highest BCUT2D eigenvalue weighted by molar-refractivity contribution is 5.75. The third kappa shape index (κ3) is 4.30. The van der Waals surface area contributed by atoms with Crippen molar-refractivity contribution in [3.8, 4) is 11.5 Å².